The van der Waals surface area contributed by atoms with Crippen LogP contribution < -0.4 is 10.7 Å². The predicted molar refractivity (Wildman–Crippen MR) is 99.0 cm³/mol. The van der Waals surface area contributed by atoms with Crippen LogP contribution in [0.4, 0.5) is 10.6 Å². The number of aromatic nitrogens is 1. The van der Waals surface area contributed by atoms with Gasteiger partial charge < -0.3 is 0 Å². The summed E-state index contributed by atoms with van der Waals surface area (Å²) in [5.41, 5.74) is 3.70. The number of amides is 2. The molecule has 0 atom stereocenters. The zero-order valence-corrected chi connectivity index (χ0v) is 15.3. The Morgan fingerprint density at radius 1 is 1.21 bits per heavy atom. The topological polar surface area (TPSA) is 57.3 Å². The molecule has 1 aliphatic heterocycles. The summed E-state index contributed by atoms with van der Waals surface area (Å²) in [4.78, 5) is 16.4. The highest BCUT2D eigenvalue weighted by Crippen LogP contribution is 2.28. The zero-order chi connectivity index (χ0) is 16.9. The number of nitrogens with one attached hydrogen (secondary N) is 2. The number of anilines is 1. The lowest BCUT2D eigenvalue weighted by Gasteiger charge is -2.26. The Morgan fingerprint density at radius 3 is 2.62 bits per heavy atom. The number of carbonyl (C=O) groups excluding carboxylic acids is 1. The fourth-order valence-corrected chi connectivity index (χ4v) is 3.86. The van der Waals surface area contributed by atoms with Gasteiger partial charge in [-0.05, 0) is 30.5 Å². The first-order valence-electron chi connectivity index (χ1n) is 7.81. The second kappa shape index (κ2) is 8.16. The van der Waals surface area contributed by atoms with Crippen LogP contribution >= 0.6 is 34.5 Å². The van der Waals surface area contributed by atoms with E-state index in [1.165, 1.54) is 17.8 Å². The molecule has 1 aromatic heterocycles. The van der Waals surface area contributed by atoms with Gasteiger partial charge in [-0.2, -0.15) is 0 Å². The van der Waals surface area contributed by atoms with E-state index >= 15 is 0 Å². The van der Waals surface area contributed by atoms with E-state index in [1.54, 1.807) is 0 Å². The predicted octanol–water partition coefficient (Wildman–Crippen LogP) is 4.56. The second-order valence-corrected chi connectivity index (χ2v) is 7.37. The maximum atomic E-state index is 12.0. The zero-order valence-electron chi connectivity index (χ0n) is 13.0. The molecule has 0 saturated carbocycles. The van der Waals surface area contributed by atoms with Crippen LogP contribution in [0.25, 0.3) is 0 Å². The molecule has 2 N–H and O–H groups in total. The molecule has 0 unspecified atom stereocenters. The van der Waals surface area contributed by atoms with E-state index in [-0.39, 0.29) is 6.03 Å². The molecule has 1 aromatic carbocycles. The molecule has 8 heteroatoms. The quantitative estimate of drug-likeness (QED) is 0.811. The van der Waals surface area contributed by atoms with E-state index < -0.39 is 0 Å². The minimum atomic E-state index is -0.260. The van der Waals surface area contributed by atoms with Gasteiger partial charge in [0.15, 0.2) is 0 Å². The van der Waals surface area contributed by atoms with Crippen molar-refractivity contribution >= 4 is 46.4 Å². The first-order chi connectivity index (χ1) is 11.6. The molecule has 0 spiro atoms. The van der Waals surface area contributed by atoms with Crippen molar-refractivity contribution in [1.29, 1.82) is 0 Å². The highest BCUT2D eigenvalue weighted by Gasteiger charge is 2.14. The summed E-state index contributed by atoms with van der Waals surface area (Å²) >= 11 is 13.8. The summed E-state index contributed by atoms with van der Waals surface area (Å²) < 4.78 is 0. The molecule has 2 amide bonds. The Balaban J connectivity index is 1.58. The molecule has 0 aliphatic carbocycles. The van der Waals surface area contributed by atoms with Crippen LogP contribution in [0.15, 0.2) is 23.6 Å². The third-order valence-electron chi connectivity index (χ3n) is 3.80. The molecule has 128 valence electrons. The molecular weight excluding hydrogens is 367 g/mol. The Bertz CT molecular complexity index is 696. The van der Waals surface area contributed by atoms with Gasteiger partial charge in [0.25, 0.3) is 0 Å². The van der Waals surface area contributed by atoms with Crippen molar-refractivity contribution in [3.05, 3.63) is 44.2 Å². The average Bonchev–Trinajstić information content (AvgIpc) is 2.99. The van der Waals surface area contributed by atoms with Crippen LogP contribution in [0, 0.1) is 0 Å². The van der Waals surface area contributed by atoms with Gasteiger partial charge in [-0.15, -0.1) is 11.3 Å². The number of hydrazine groups is 1. The van der Waals surface area contributed by atoms with Crippen LogP contribution in [0.5, 0.6) is 0 Å². The van der Waals surface area contributed by atoms with Crippen LogP contribution in [-0.2, 0) is 6.42 Å². The number of benzene rings is 1. The lowest BCUT2D eigenvalue weighted by Crippen LogP contribution is -2.46. The number of carbonyl (C=O) groups is 1. The number of hydrogen-bond donors (Lipinski definition) is 2. The number of thiazole rings is 1. The third-order valence-corrected chi connectivity index (χ3v) is 5.36. The van der Waals surface area contributed by atoms with Gasteiger partial charge in [-0.3, -0.25) is 10.7 Å². The van der Waals surface area contributed by atoms with Gasteiger partial charge in [-0.1, -0.05) is 35.7 Å². The van der Waals surface area contributed by atoms with Crippen molar-refractivity contribution in [3.8, 4) is 0 Å². The first kappa shape index (κ1) is 17.5. The van der Waals surface area contributed by atoms with Crippen LogP contribution in [0.3, 0.4) is 0 Å². The van der Waals surface area contributed by atoms with Crippen molar-refractivity contribution in [2.45, 2.75) is 25.7 Å². The van der Waals surface area contributed by atoms with Gasteiger partial charge >= 0.3 is 6.03 Å². The Kier molecular flexibility index (Phi) is 5.94. The van der Waals surface area contributed by atoms with Gasteiger partial charge in [-0.25, -0.2) is 14.8 Å². The normalized spacial score (nSPS) is 15.2. The highest BCUT2D eigenvalue weighted by molar-refractivity contribution is 7.10. The molecule has 1 aliphatic rings. The summed E-state index contributed by atoms with van der Waals surface area (Å²) in [7, 11) is 0. The van der Waals surface area contributed by atoms with Crippen molar-refractivity contribution in [2.75, 3.05) is 18.4 Å². The second-order valence-electron chi connectivity index (χ2n) is 5.62. The smallest absolute Gasteiger partial charge is 0.291 e. The van der Waals surface area contributed by atoms with E-state index in [0.29, 0.717) is 22.3 Å². The molecular formula is C16H18Cl2N4OS. The maximum Gasteiger partial charge on any atom is 0.334 e. The monoisotopic (exact) mass is 384 g/mol. The Morgan fingerprint density at radius 2 is 1.92 bits per heavy atom. The van der Waals surface area contributed by atoms with Crippen molar-refractivity contribution in [3.63, 3.8) is 0 Å². The van der Waals surface area contributed by atoms with Gasteiger partial charge in [0, 0.05) is 34.9 Å². The molecule has 1 saturated heterocycles. The number of hydrogen-bond acceptors (Lipinski definition) is 4. The summed E-state index contributed by atoms with van der Waals surface area (Å²) in [5.74, 6) is 0.535. The number of rotatable bonds is 4. The average molecular weight is 385 g/mol. The fraction of sp³-hybridized carbons (Fsp3) is 0.375. The van der Waals surface area contributed by atoms with Crippen molar-refractivity contribution in [2.24, 2.45) is 0 Å². The highest BCUT2D eigenvalue weighted by atomic mass is 35.5. The Hall–Kier alpha value is -1.34. The summed E-state index contributed by atoms with van der Waals surface area (Å²) in [6, 6.07) is 5.17. The molecule has 5 nitrogen and oxygen atoms in total. The third kappa shape index (κ3) is 4.60. The first-order valence-corrected chi connectivity index (χ1v) is 9.45. The van der Waals surface area contributed by atoms with Crippen LogP contribution in [-0.4, -0.2) is 29.1 Å². The number of piperidine rings is 1. The Labute approximate surface area is 154 Å². The van der Waals surface area contributed by atoms with Crippen LogP contribution in [0.1, 0.15) is 29.8 Å². The van der Waals surface area contributed by atoms with Crippen LogP contribution in [0.2, 0.25) is 10.0 Å². The summed E-state index contributed by atoms with van der Waals surface area (Å²) in [6.45, 7) is 1.78. The molecule has 0 radical (unpaired) electrons. The molecule has 1 fully saturated rings. The number of urea groups is 1. The summed E-state index contributed by atoms with van der Waals surface area (Å²) in [5, 5.41) is 8.61. The maximum absolute atomic E-state index is 12.0. The number of halogens is 2. The van der Waals surface area contributed by atoms with E-state index in [2.05, 4.69) is 15.7 Å². The summed E-state index contributed by atoms with van der Waals surface area (Å²) in [6.07, 6.45) is 3.98. The SMILES string of the molecule is O=C(Nc1csc(Cc2c(Cl)cccc2Cl)n1)NN1CCCCC1. The van der Waals surface area contributed by atoms with Gasteiger partial charge in [0.05, 0.1) is 5.01 Å². The van der Waals surface area contributed by atoms with E-state index in [9.17, 15) is 4.79 Å². The molecule has 24 heavy (non-hydrogen) atoms. The minimum Gasteiger partial charge on any atom is -0.291 e. The lowest BCUT2D eigenvalue weighted by atomic mass is 10.1. The van der Waals surface area contributed by atoms with E-state index in [1.807, 2.05) is 28.6 Å². The molecule has 3 rings (SSSR count). The lowest BCUT2D eigenvalue weighted by molar-refractivity contribution is 0.162. The van der Waals surface area contributed by atoms with Crippen molar-refractivity contribution < 1.29 is 4.79 Å². The number of nitrogens with zero attached hydrogens (tertiary/aromatic N) is 2. The van der Waals surface area contributed by atoms with Crippen molar-refractivity contribution in [1.82, 2.24) is 15.4 Å². The molecule has 2 heterocycles. The molecule has 0 bridgehead atoms. The van der Waals surface area contributed by atoms with Gasteiger partial charge in [0.2, 0.25) is 0 Å². The molecule has 2 aromatic rings. The van der Waals surface area contributed by atoms with Gasteiger partial charge in [0.1, 0.15) is 5.82 Å². The van der Waals surface area contributed by atoms with E-state index in [4.69, 9.17) is 23.2 Å². The fourth-order valence-electron chi connectivity index (χ4n) is 2.60. The largest absolute Gasteiger partial charge is 0.334 e. The minimum absolute atomic E-state index is 0.260. The standard InChI is InChI=1S/C16H18Cl2N4OS/c17-12-5-4-6-13(18)11(12)9-15-19-14(10-24-15)20-16(23)21-22-7-2-1-3-8-22/h4-6,10H,1-3,7-9H2,(H2,20,21,23). The van der Waals surface area contributed by atoms with E-state index in [0.717, 1.165) is 36.5 Å².